The average Bonchev–Trinajstić information content (AvgIpc) is 2.97. The summed E-state index contributed by atoms with van der Waals surface area (Å²) in [5.74, 6) is 0.533. The highest BCUT2D eigenvalue weighted by molar-refractivity contribution is 7.09. The van der Waals surface area contributed by atoms with Gasteiger partial charge in [-0.05, 0) is 29.3 Å². The van der Waals surface area contributed by atoms with E-state index in [2.05, 4.69) is 60.1 Å². The lowest BCUT2D eigenvalue weighted by molar-refractivity contribution is 0.457. The van der Waals surface area contributed by atoms with Crippen molar-refractivity contribution in [1.82, 2.24) is 5.32 Å². The normalized spacial score (nSPS) is 14.2. The molecular weight excluding hydrogens is 252 g/mol. The maximum absolute atomic E-state index is 5.88. The van der Waals surface area contributed by atoms with Crippen LogP contribution >= 0.6 is 11.3 Å². The summed E-state index contributed by atoms with van der Waals surface area (Å²) < 4.78 is 0. The molecule has 0 aliphatic heterocycles. The Morgan fingerprint density at radius 2 is 1.95 bits per heavy atom. The molecule has 19 heavy (non-hydrogen) atoms. The van der Waals surface area contributed by atoms with Gasteiger partial charge in [-0.3, -0.25) is 0 Å². The standard InChI is InChI=1S/C16H22N2S/c1-13(14-6-3-2-4-7-14)10-15(11-17)18-12-16-8-5-9-19-16/h2-9,13,15,18H,10-12,17H2,1H3. The molecule has 0 aliphatic carbocycles. The van der Waals surface area contributed by atoms with Crippen molar-refractivity contribution in [1.29, 1.82) is 0 Å². The van der Waals surface area contributed by atoms with Crippen molar-refractivity contribution in [2.24, 2.45) is 5.73 Å². The summed E-state index contributed by atoms with van der Waals surface area (Å²) >= 11 is 1.79. The van der Waals surface area contributed by atoms with Gasteiger partial charge in [0.25, 0.3) is 0 Å². The predicted molar refractivity (Wildman–Crippen MR) is 83.5 cm³/mol. The molecule has 0 bridgehead atoms. The van der Waals surface area contributed by atoms with Crippen LogP contribution in [0.25, 0.3) is 0 Å². The van der Waals surface area contributed by atoms with E-state index in [1.54, 1.807) is 11.3 Å². The first-order valence-electron chi connectivity index (χ1n) is 6.80. The smallest absolute Gasteiger partial charge is 0.0302 e. The first-order chi connectivity index (χ1) is 9.29. The Morgan fingerprint density at radius 1 is 1.16 bits per heavy atom. The molecule has 1 heterocycles. The Kier molecular flexibility index (Phi) is 5.58. The molecule has 2 aromatic rings. The van der Waals surface area contributed by atoms with E-state index in [0.717, 1.165) is 13.0 Å². The van der Waals surface area contributed by atoms with Crippen molar-refractivity contribution in [3.05, 3.63) is 58.3 Å². The van der Waals surface area contributed by atoms with Gasteiger partial charge < -0.3 is 11.1 Å². The van der Waals surface area contributed by atoms with Crippen LogP contribution in [-0.2, 0) is 6.54 Å². The molecule has 0 saturated carbocycles. The zero-order chi connectivity index (χ0) is 13.5. The van der Waals surface area contributed by atoms with Gasteiger partial charge in [-0.25, -0.2) is 0 Å². The SMILES string of the molecule is CC(CC(CN)NCc1cccs1)c1ccccc1. The van der Waals surface area contributed by atoms with E-state index in [1.807, 2.05) is 0 Å². The second-order valence-corrected chi connectivity index (χ2v) is 5.97. The predicted octanol–water partition coefficient (Wildman–Crippen LogP) is 3.36. The largest absolute Gasteiger partial charge is 0.329 e. The molecule has 2 unspecified atom stereocenters. The van der Waals surface area contributed by atoms with Crippen molar-refractivity contribution < 1.29 is 0 Å². The Morgan fingerprint density at radius 3 is 2.58 bits per heavy atom. The van der Waals surface area contributed by atoms with Gasteiger partial charge in [0.05, 0.1) is 0 Å². The molecular formula is C16H22N2S. The molecule has 0 aliphatic rings. The van der Waals surface area contributed by atoms with Crippen LogP contribution in [0.5, 0.6) is 0 Å². The lowest BCUT2D eigenvalue weighted by atomic mass is 9.94. The molecule has 0 spiro atoms. The third-order valence-electron chi connectivity index (χ3n) is 3.44. The molecule has 0 radical (unpaired) electrons. The Labute approximate surface area is 119 Å². The van der Waals surface area contributed by atoms with Crippen LogP contribution in [0.1, 0.15) is 29.7 Å². The first-order valence-corrected chi connectivity index (χ1v) is 7.68. The highest BCUT2D eigenvalue weighted by Gasteiger charge is 2.13. The minimum absolute atomic E-state index is 0.373. The van der Waals surface area contributed by atoms with Crippen molar-refractivity contribution in [3.63, 3.8) is 0 Å². The number of nitrogens with one attached hydrogen (secondary N) is 1. The van der Waals surface area contributed by atoms with Gasteiger partial charge in [-0.15, -0.1) is 11.3 Å². The number of hydrogen-bond donors (Lipinski definition) is 2. The van der Waals surface area contributed by atoms with E-state index >= 15 is 0 Å². The Bertz CT molecular complexity index is 453. The molecule has 3 N–H and O–H groups in total. The minimum Gasteiger partial charge on any atom is -0.329 e. The maximum atomic E-state index is 5.88. The molecule has 2 atom stereocenters. The lowest BCUT2D eigenvalue weighted by Gasteiger charge is -2.21. The molecule has 3 heteroatoms. The zero-order valence-corrected chi connectivity index (χ0v) is 12.2. The van der Waals surface area contributed by atoms with Crippen LogP contribution in [0, 0.1) is 0 Å². The number of thiophene rings is 1. The van der Waals surface area contributed by atoms with Crippen LogP contribution in [0.2, 0.25) is 0 Å². The summed E-state index contributed by atoms with van der Waals surface area (Å²) in [5, 5.41) is 5.67. The molecule has 0 fully saturated rings. The summed E-state index contributed by atoms with van der Waals surface area (Å²) in [7, 11) is 0. The monoisotopic (exact) mass is 274 g/mol. The van der Waals surface area contributed by atoms with Gasteiger partial charge in [-0.2, -0.15) is 0 Å². The molecule has 0 saturated heterocycles. The maximum Gasteiger partial charge on any atom is 0.0302 e. The second kappa shape index (κ2) is 7.43. The third-order valence-corrected chi connectivity index (χ3v) is 4.31. The van der Waals surface area contributed by atoms with Crippen molar-refractivity contribution in [3.8, 4) is 0 Å². The topological polar surface area (TPSA) is 38.0 Å². The molecule has 2 rings (SSSR count). The third kappa shape index (κ3) is 4.46. The molecule has 2 nitrogen and oxygen atoms in total. The lowest BCUT2D eigenvalue weighted by Crippen LogP contribution is -2.36. The minimum atomic E-state index is 0.373. The highest BCUT2D eigenvalue weighted by atomic mass is 32.1. The average molecular weight is 274 g/mol. The zero-order valence-electron chi connectivity index (χ0n) is 11.4. The van der Waals surface area contributed by atoms with Crippen LogP contribution in [0.15, 0.2) is 47.8 Å². The van der Waals surface area contributed by atoms with Crippen LogP contribution in [0.4, 0.5) is 0 Å². The Hall–Kier alpha value is -1.16. The summed E-state index contributed by atoms with van der Waals surface area (Å²) in [6, 6.07) is 15.3. The van der Waals surface area contributed by atoms with Crippen molar-refractivity contribution >= 4 is 11.3 Å². The van der Waals surface area contributed by atoms with E-state index in [4.69, 9.17) is 5.73 Å². The van der Waals surface area contributed by atoms with E-state index in [0.29, 0.717) is 18.5 Å². The van der Waals surface area contributed by atoms with Crippen molar-refractivity contribution in [2.75, 3.05) is 6.54 Å². The van der Waals surface area contributed by atoms with Gasteiger partial charge in [0, 0.05) is 24.0 Å². The number of nitrogens with two attached hydrogens (primary N) is 1. The summed E-state index contributed by atoms with van der Waals surface area (Å²) in [5.41, 5.74) is 7.27. The molecule has 102 valence electrons. The first kappa shape index (κ1) is 14.3. The quantitative estimate of drug-likeness (QED) is 0.812. The van der Waals surface area contributed by atoms with E-state index < -0.39 is 0 Å². The molecule has 1 aromatic heterocycles. The van der Waals surface area contributed by atoms with Crippen LogP contribution in [0.3, 0.4) is 0 Å². The van der Waals surface area contributed by atoms with E-state index in [-0.39, 0.29) is 0 Å². The highest BCUT2D eigenvalue weighted by Crippen LogP contribution is 2.20. The summed E-state index contributed by atoms with van der Waals surface area (Å²) in [4.78, 5) is 1.37. The summed E-state index contributed by atoms with van der Waals surface area (Å²) in [6.07, 6.45) is 1.08. The fourth-order valence-electron chi connectivity index (χ4n) is 2.27. The van der Waals surface area contributed by atoms with Crippen LogP contribution < -0.4 is 11.1 Å². The number of benzene rings is 1. The van der Waals surface area contributed by atoms with Crippen LogP contribution in [-0.4, -0.2) is 12.6 Å². The fourth-order valence-corrected chi connectivity index (χ4v) is 2.92. The van der Waals surface area contributed by atoms with E-state index in [1.165, 1.54) is 10.4 Å². The number of hydrogen-bond acceptors (Lipinski definition) is 3. The molecule has 1 aromatic carbocycles. The second-order valence-electron chi connectivity index (χ2n) is 4.94. The van der Waals surface area contributed by atoms with E-state index in [9.17, 15) is 0 Å². The summed E-state index contributed by atoms with van der Waals surface area (Å²) in [6.45, 7) is 3.87. The molecule has 0 amide bonds. The fraction of sp³-hybridized carbons (Fsp3) is 0.375. The van der Waals surface area contributed by atoms with Gasteiger partial charge in [0.15, 0.2) is 0 Å². The van der Waals surface area contributed by atoms with Gasteiger partial charge in [0.2, 0.25) is 0 Å². The van der Waals surface area contributed by atoms with Gasteiger partial charge in [0.1, 0.15) is 0 Å². The van der Waals surface area contributed by atoms with Gasteiger partial charge in [-0.1, -0.05) is 43.3 Å². The Balaban J connectivity index is 1.85. The number of rotatable bonds is 7. The van der Waals surface area contributed by atoms with Crippen molar-refractivity contribution in [2.45, 2.75) is 31.8 Å². The van der Waals surface area contributed by atoms with Gasteiger partial charge >= 0.3 is 0 Å².